The molecule has 0 aliphatic carbocycles. The summed E-state index contributed by atoms with van der Waals surface area (Å²) in [4.78, 5) is 15.3. The van der Waals surface area contributed by atoms with Gasteiger partial charge in [0.2, 0.25) is 5.95 Å². The average molecular weight is 420 g/mol. The van der Waals surface area contributed by atoms with Crippen LogP contribution in [0, 0.1) is 11.9 Å². The van der Waals surface area contributed by atoms with Gasteiger partial charge in [-0.05, 0) is 43.2 Å². The summed E-state index contributed by atoms with van der Waals surface area (Å²) in [6.07, 6.45) is 2.47. The monoisotopic (exact) mass is 420 g/mol. The van der Waals surface area contributed by atoms with Crippen molar-refractivity contribution in [1.29, 1.82) is 0 Å². The maximum atomic E-state index is 13.3. The summed E-state index contributed by atoms with van der Waals surface area (Å²) < 4.78 is 47.2. The Hall–Kier alpha value is -3.10. The number of ether oxygens (including phenoxy) is 1. The molecule has 0 fully saturated rings. The Morgan fingerprint density at radius 1 is 1.17 bits per heavy atom. The van der Waals surface area contributed by atoms with E-state index in [-0.39, 0.29) is 5.92 Å². The molecule has 0 radical (unpaired) electrons. The normalized spacial score (nSPS) is 14.0. The van der Waals surface area contributed by atoms with Gasteiger partial charge in [-0.25, -0.2) is 9.67 Å². The van der Waals surface area contributed by atoms with Crippen LogP contribution in [0.3, 0.4) is 0 Å². The second-order valence-electron chi connectivity index (χ2n) is 7.57. The second-order valence-corrected chi connectivity index (χ2v) is 7.57. The quantitative estimate of drug-likeness (QED) is 0.584. The van der Waals surface area contributed by atoms with Crippen molar-refractivity contribution in [2.24, 2.45) is 5.92 Å². The third kappa shape index (κ3) is 4.72. The Morgan fingerprint density at radius 3 is 2.50 bits per heavy atom. The minimum absolute atomic E-state index is 0.122. The Kier molecular flexibility index (Phi) is 6.00. The molecule has 160 valence electrons. The Morgan fingerprint density at radius 2 is 1.90 bits per heavy atom. The van der Waals surface area contributed by atoms with Crippen molar-refractivity contribution in [3.05, 3.63) is 48.7 Å². The number of benzene rings is 1. The first-order valence-electron chi connectivity index (χ1n) is 9.51. The minimum atomic E-state index is -3.46. The van der Waals surface area contributed by atoms with Crippen LogP contribution in [0.4, 0.5) is 13.2 Å². The Labute approximate surface area is 172 Å². The summed E-state index contributed by atoms with van der Waals surface area (Å²) in [5.41, 5.74) is 1.37. The molecular formula is C21H23F3N4O2. The topological polar surface area (TPSA) is 69.0 Å². The SMILES string of the molecule is CC(C)[C@H](NC(=O)C(C)(F)F)[C@@H](C)Oc1ccc2c(cnn2-c2ccc(F)nc2)c1. The summed E-state index contributed by atoms with van der Waals surface area (Å²) in [5, 5.41) is 7.45. The van der Waals surface area contributed by atoms with Gasteiger partial charge in [0.05, 0.1) is 29.6 Å². The first-order valence-corrected chi connectivity index (χ1v) is 9.51. The number of carbonyl (C=O) groups excluding carboxylic acids is 1. The van der Waals surface area contributed by atoms with Gasteiger partial charge in [-0.3, -0.25) is 4.79 Å². The molecule has 1 N–H and O–H groups in total. The molecule has 1 amide bonds. The third-order valence-corrected chi connectivity index (χ3v) is 4.74. The van der Waals surface area contributed by atoms with Crippen LogP contribution in [0.25, 0.3) is 16.6 Å². The minimum Gasteiger partial charge on any atom is -0.489 e. The van der Waals surface area contributed by atoms with Crippen molar-refractivity contribution >= 4 is 16.8 Å². The van der Waals surface area contributed by atoms with Crippen LogP contribution >= 0.6 is 0 Å². The molecule has 0 saturated heterocycles. The lowest BCUT2D eigenvalue weighted by Crippen LogP contribution is -2.52. The van der Waals surface area contributed by atoms with Gasteiger partial charge < -0.3 is 10.1 Å². The smallest absolute Gasteiger partial charge is 0.321 e. The van der Waals surface area contributed by atoms with E-state index >= 15 is 0 Å². The number of nitrogens with one attached hydrogen (secondary N) is 1. The van der Waals surface area contributed by atoms with Crippen LogP contribution in [0.1, 0.15) is 27.7 Å². The molecule has 3 rings (SSSR count). The van der Waals surface area contributed by atoms with Gasteiger partial charge in [-0.1, -0.05) is 13.8 Å². The molecule has 9 heteroatoms. The van der Waals surface area contributed by atoms with E-state index in [4.69, 9.17) is 4.74 Å². The fourth-order valence-corrected chi connectivity index (χ4v) is 3.18. The van der Waals surface area contributed by atoms with Crippen LogP contribution in [-0.4, -0.2) is 38.7 Å². The fourth-order valence-electron chi connectivity index (χ4n) is 3.18. The lowest BCUT2D eigenvalue weighted by Gasteiger charge is -2.30. The van der Waals surface area contributed by atoms with E-state index < -0.39 is 29.9 Å². The van der Waals surface area contributed by atoms with Crippen molar-refractivity contribution in [1.82, 2.24) is 20.1 Å². The number of alkyl halides is 2. The van der Waals surface area contributed by atoms with Crippen LogP contribution in [-0.2, 0) is 4.79 Å². The Bertz CT molecular complexity index is 1030. The molecular weight excluding hydrogens is 397 g/mol. The van der Waals surface area contributed by atoms with Crippen LogP contribution in [0.5, 0.6) is 5.75 Å². The lowest BCUT2D eigenvalue weighted by atomic mass is 9.99. The number of fused-ring (bicyclic) bond motifs is 1. The highest BCUT2D eigenvalue weighted by atomic mass is 19.3. The van der Waals surface area contributed by atoms with Crippen molar-refractivity contribution < 1.29 is 22.7 Å². The number of aromatic nitrogens is 3. The Balaban J connectivity index is 1.79. The molecule has 0 bridgehead atoms. The molecule has 0 saturated carbocycles. The molecule has 2 aromatic heterocycles. The fraction of sp³-hybridized carbons (Fsp3) is 0.381. The van der Waals surface area contributed by atoms with E-state index in [1.807, 2.05) is 13.8 Å². The predicted octanol–water partition coefficient (Wildman–Crippen LogP) is 4.12. The molecule has 0 spiro atoms. The first kappa shape index (κ1) is 21.6. The number of hydrogen-bond acceptors (Lipinski definition) is 4. The maximum Gasteiger partial charge on any atom is 0.321 e. The van der Waals surface area contributed by atoms with Crippen LogP contribution in [0.2, 0.25) is 0 Å². The number of carbonyl (C=O) groups is 1. The van der Waals surface area contributed by atoms with Crippen LogP contribution in [0.15, 0.2) is 42.7 Å². The molecule has 3 aromatic rings. The summed E-state index contributed by atoms with van der Waals surface area (Å²) in [5.74, 6) is -4.98. The van der Waals surface area contributed by atoms with Crippen molar-refractivity contribution in [3.63, 3.8) is 0 Å². The van der Waals surface area contributed by atoms with E-state index in [0.29, 0.717) is 18.4 Å². The van der Waals surface area contributed by atoms with Gasteiger partial charge in [0.25, 0.3) is 5.91 Å². The van der Waals surface area contributed by atoms with Gasteiger partial charge in [0.15, 0.2) is 0 Å². The number of nitrogens with zero attached hydrogens (tertiary/aromatic N) is 3. The zero-order valence-corrected chi connectivity index (χ0v) is 17.1. The maximum absolute atomic E-state index is 13.3. The third-order valence-electron chi connectivity index (χ3n) is 4.74. The molecule has 1 aromatic carbocycles. The summed E-state index contributed by atoms with van der Waals surface area (Å²) in [6.45, 7) is 5.93. The highest BCUT2D eigenvalue weighted by molar-refractivity contribution is 5.83. The van der Waals surface area contributed by atoms with Gasteiger partial charge >= 0.3 is 5.92 Å². The van der Waals surface area contributed by atoms with E-state index in [1.165, 1.54) is 12.3 Å². The first-order chi connectivity index (χ1) is 14.1. The standard InChI is InChI=1S/C21H23F3N4O2/c1-12(2)19(27-20(29)21(4,23)24)13(3)30-16-6-7-17-14(9-16)10-26-28(17)15-5-8-18(22)25-11-15/h5-13,19H,1-4H3,(H,27,29)/t13-,19+/m1/s1. The van der Waals surface area contributed by atoms with Crippen LogP contribution < -0.4 is 10.1 Å². The van der Waals surface area contributed by atoms with E-state index in [1.54, 1.807) is 42.1 Å². The molecule has 0 unspecified atom stereocenters. The lowest BCUT2D eigenvalue weighted by molar-refractivity contribution is -0.144. The summed E-state index contributed by atoms with van der Waals surface area (Å²) in [6, 6.07) is 7.49. The largest absolute Gasteiger partial charge is 0.489 e. The zero-order chi connectivity index (χ0) is 22.1. The highest BCUT2D eigenvalue weighted by Crippen LogP contribution is 2.25. The number of rotatable bonds is 7. The molecule has 6 nitrogen and oxygen atoms in total. The van der Waals surface area contributed by atoms with Crippen molar-refractivity contribution in [2.75, 3.05) is 0 Å². The number of pyridine rings is 1. The predicted molar refractivity (Wildman–Crippen MR) is 106 cm³/mol. The van der Waals surface area contributed by atoms with Gasteiger partial charge in [0.1, 0.15) is 11.9 Å². The molecule has 2 atom stereocenters. The molecule has 2 heterocycles. The van der Waals surface area contributed by atoms with E-state index in [9.17, 15) is 18.0 Å². The van der Waals surface area contributed by atoms with Gasteiger partial charge in [-0.2, -0.15) is 18.3 Å². The van der Waals surface area contributed by atoms with Gasteiger partial charge in [-0.15, -0.1) is 0 Å². The van der Waals surface area contributed by atoms with E-state index in [2.05, 4.69) is 15.4 Å². The molecule has 0 aliphatic heterocycles. The number of halogens is 3. The number of hydrogen-bond donors (Lipinski definition) is 1. The van der Waals surface area contributed by atoms with Crippen molar-refractivity contribution in [2.45, 2.75) is 45.8 Å². The summed E-state index contributed by atoms with van der Waals surface area (Å²) >= 11 is 0. The molecule has 30 heavy (non-hydrogen) atoms. The summed E-state index contributed by atoms with van der Waals surface area (Å²) in [7, 11) is 0. The average Bonchev–Trinajstić information content (AvgIpc) is 3.08. The highest BCUT2D eigenvalue weighted by Gasteiger charge is 2.36. The molecule has 0 aliphatic rings. The second kappa shape index (κ2) is 8.33. The number of amides is 1. The van der Waals surface area contributed by atoms with Gasteiger partial charge in [0, 0.05) is 12.3 Å². The van der Waals surface area contributed by atoms with Crippen molar-refractivity contribution in [3.8, 4) is 11.4 Å². The zero-order valence-electron chi connectivity index (χ0n) is 17.1. The van der Waals surface area contributed by atoms with E-state index in [0.717, 1.165) is 10.9 Å².